The minimum atomic E-state index is -0.276. The predicted molar refractivity (Wildman–Crippen MR) is 69.6 cm³/mol. The number of hydrogen-bond donors (Lipinski definition) is 0. The molecule has 0 aliphatic carbocycles. The highest BCUT2D eigenvalue weighted by Gasteiger charge is 2.12. The van der Waals surface area contributed by atoms with Crippen LogP contribution in [0.25, 0.3) is 22.4 Å². The SMILES string of the molecule is Cn1cc(-c2ccnnc2)c(-c2cccc(F)c2)n1. The quantitative estimate of drug-likeness (QED) is 0.706. The van der Waals surface area contributed by atoms with Crippen LogP contribution < -0.4 is 0 Å². The van der Waals surface area contributed by atoms with E-state index in [9.17, 15) is 4.39 Å². The van der Waals surface area contributed by atoms with Crippen LogP contribution in [0.4, 0.5) is 4.39 Å². The lowest BCUT2D eigenvalue weighted by molar-refractivity contribution is 0.628. The number of rotatable bonds is 2. The lowest BCUT2D eigenvalue weighted by Crippen LogP contribution is -1.88. The summed E-state index contributed by atoms with van der Waals surface area (Å²) in [5.41, 5.74) is 3.28. The average molecular weight is 254 g/mol. The average Bonchev–Trinajstić information content (AvgIpc) is 2.82. The standard InChI is InChI=1S/C14H11FN4/c1-19-9-13(11-5-6-16-17-8-11)14(18-19)10-3-2-4-12(15)7-10/h2-9H,1H3. The molecule has 3 aromatic rings. The summed E-state index contributed by atoms with van der Waals surface area (Å²) in [6.07, 6.45) is 5.18. The summed E-state index contributed by atoms with van der Waals surface area (Å²) in [5, 5.41) is 12.0. The van der Waals surface area contributed by atoms with E-state index in [0.29, 0.717) is 0 Å². The van der Waals surface area contributed by atoms with Gasteiger partial charge in [0.15, 0.2) is 0 Å². The highest BCUT2D eigenvalue weighted by molar-refractivity contribution is 5.79. The van der Waals surface area contributed by atoms with E-state index in [-0.39, 0.29) is 5.82 Å². The number of nitrogens with zero attached hydrogens (tertiary/aromatic N) is 4. The van der Waals surface area contributed by atoms with E-state index in [2.05, 4.69) is 15.3 Å². The van der Waals surface area contributed by atoms with Gasteiger partial charge in [-0.25, -0.2) is 4.39 Å². The van der Waals surface area contributed by atoms with E-state index in [1.54, 1.807) is 23.1 Å². The normalized spacial score (nSPS) is 10.6. The van der Waals surface area contributed by atoms with Crippen molar-refractivity contribution < 1.29 is 4.39 Å². The van der Waals surface area contributed by atoms with Crippen molar-refractivity contribution in [1.29, 1.82) is 0 Å². The second-order valence-corrected chi connectivity index (χ2v) is 4.21. The first kappa shape index (κ1) is 11.5. The molecule has 0 aliphatic heterocycles. The van der Waals surface area contributed by atoms with Crippen LogP contribution in [0.15, 0.2) is 48.9 Å². The maximum atomic E-state index is 13.3. The summed E-state index contributed by atoms with van der Waals surface area (Å²) in [7, 11) is 1.83. The van der Waals surface area contributed by atoms with Crippen molar-refractivity contribution in [3.05, 3.63) is 54.7 Å². The van der Waals surface area contributed by atoms with Crippen molar-refractivity contribution >= 4 is 0 Å². The zero-order valence-electron chi connectivity index (χ0n) is 10.3. The Morgan fingerprint density at radius 2 is 2.00 bits per heavy atom. The smallest absolute Gasteiger partial charge is 0.123 e. The predicted octanol–water partition coefficient (Wildman–Crippen LogP) is 2.68. The van der Waals surface area contributed by atoms with Crippen molar-refractivity contribution in [2.45, 2.75) is 0 Å². The molecule has 5 heteroatoms. The van der Waals surface area contributed by atoms with Gasteiger partial charge in [0.1, 0.15) is 11.5 Å². The van der Waals surface area contributed by atoms with Crippen LogP contribution in [0.3, 0.4) is 0 Å². The molecule has 4 nitrogen and oxygen atoms in total. The van der Waals surface area contributed by atoms with E-state index in [1.165, 1.54) is 12.1 Å². The number of benzene rings is 1. The topological polar surface area (TPSA) is 43.6 Å². The van der Waals surface area contributed by atoms with E-state index >= 15 is 0 Å². The van der Waals surface area contributed by atoms with Crippen molar-refractivity contribution in [1.82, 2.24) is 20.0 Å². The molecule has 2 heterocycles. The van der Waals surface area contributed by atoms with Crippen molar-refractivity contribution in [2.75, 3.05) is 0 Å². The van der Waals surface area contributed by atoms with Crippen LogP contribution in [0.1, 0.15) is 0 Å². The molecule has 0 spiro atoms. The van der Waals surface area contributed by atoms with Crippen LogP contribution >= 0.6 is 0 Å². The Labute approximate surface area is 109 Å². The molecule has 0 saturated carbocycles. The molecule has 0 amide bonds. The first-order chi connectivity index (χ1) is 9.24. The molecule has 0 saturated heterocycles. The van der Waals surface area contributed by atoms with Crippen LogP contribution in [0, 0.1) is 5.82 Å². The van der Waals surface area contributed by atoms with E-state index in [1.807, 2.05) is 25.4 Å². The summed E-state index contributed by atoms with van der Waals surface area (Å²) in [6.45, 7) is 0. The molecule has 0 radical (unpaired) electrons. The van der Waals surface area contributed by atoms with Gasteiger partial charge in [-0.1, -0.05) is 12.1 Å². The Bertz CT molecular complexity index is 706. The van der Waals surface area contributed by atoms with Gasteiger partial charge in [0, 0.05) is 29.9 Å². The molecule has 0 unspecified atom stereocenters. The number of hydrogen-bond acceptors (Lipinski definition) is 3. The van der Waals surface area contributed by atoms with E-state index in [0.717, 1.165) is 22.4 Å². The van der Waals surface area contributed by atoms with E-state index in [4.69, 9.17) is 0 Å². The molecule has 0 aliphatic rings. The van der Waals surface area contributed by atoms with Gasteiger partial charge in [-0.15, -0.1) is 0 Å². The Hall–Kier alpha value is -2.56. The molecule has 0 atom stereocenters. The highest BCUT2D eigenvalue weighted by Crippen LogP contribution is 2.30. The van der Waals surface area contributed by atoms with Crippen LogP contribution in [0.5, 0.6) is 0 Å². The summed E-state index contributed by atoms with van der Waals surface area (Å²) in [5.74, 6) is -0.276. The molecule has 0 fully saturated rings. The molecular formula is C14H11FN4. The van der Waals surface area contributed by atoms with Gasteiger partial charge in [-0.3, -0.25) is 4.68 Å². The fourth-order valence-corrected chi connectivity index (χ4v) is 2.00. The van der Waals surface area contributed by atoms with Gasteiger partial charge >= 0.3 is 0 Å². The summed E-state index contributed by atoms with van der Waals surface area (Å²) < 4.78 is 15.0. The molecule has 3 rings (SSSR count). The van der Waals surface area contributed by atoms with Gasteiger partial charge in [0.05, 0.1) is 12.4 Å². The second-order valence-electron chi connectivity index (χ2n) is 4.21. The van der Waals surface area contributed by atoms with Crippen molar-refractivity contribution in [3.8, 4) is 22.4 Å². The third-order valence-electron chi connectivity index (χ3n) is 2.82. The van der Waals surface area contributed by atoms with Gasteiger partial charge in [0.25, 0.3) is 0 Å². The van der Waals surface area contributed by atoms with Crippen LogP contribution in [-0.4, -0.2) is 20.0 Å². The third kappa shape index (κ3) is 2.22. The fourth-order valence-electron chi connectivity index (χ4n) is 2.00. The van der Waals surface area contributed by atoms with Crippen molar-refractivity contribution in [2.24, 2.45) is 7.05 Å². The Kier molecular flexibility index (Phi) is 2.79. The monoisotopic (exact) mass is 254 g/mol. The van der Waals surface area contributed by atoms with Gasteiger partial charge in [-0.2, -0.15) is 15.3 Å². The van der Waals surface area contributed by atoms with Crippen LogP contribution in [-0.2, 0) is 7.05 Å². The number of aryl methyl sites for hydroxylation is 1. The van der Waals surface area contributed by atoms with Gasteiger partial charge < -0.3 is 0 Å². The summed E-state index contributed by atoms with van der Waals surface area (Å²) >= 11 is 0. The molecular weight excluding hydrogens is 243 g/mol. The number of aromatic nitrogens is 4. The second kappa shape index (κ2) is 4.61. The minimum absolute atomic E-state index is 0.276. The summed E-state index contributed by atoms with van der Waals surface area (Å²) in [4.78, 5) is 0. The largest absolute Gasteiger partial charge is 0.275 e. The first-order valence-electron chi connectivity index (χ1n) is 5.81. The Balaban J connectivity index is 2.18. The first-order valence-corrected chi connectivity index (χ1v) is 5.81. The molecule has 2 aromatic heterocycles. The molecule has 1 aromatic carbocycles. The van der Waals surface area contributed by atoms with Gasteiger partial charge in [0.2, 0.25) is 0 Å². The lowest BCUT2D eigenvalue weighted by atomic mass is 10.0. The molecule has 0 bridgehead atoms. The molecule has 19 heavy (non-hydrogen) atoms. The zero-order chi connectivity index (χ0) is 13.2. The fraction of sp³-hybridized carbons (Fsp3) is 0.0714. The maximum absolute atomic E-state index is 13.3. The summed E-state index contributed by atoms with van der Waals surface area (Å²) in [6, 6.07) is 8.25. The number of halogens is 1. The highest BCUT2D eigenvalue weighted by atomic mass is 19.1. The minimum Gasteiger partial charge on any atom is -0.275 e. The Morgan fingerprint density at radius 3 is 2.74 bits per heavy atom. The van der Waals surface area contributed by atoms with Crippen LogP contribution in [0.2, 0.25) is 0 Å². The zero-order valence-corrected chi connectivity index (χ0v) is 10.3. The third-order valence-corrected chi connectivity index (χ3v) is 2.82. The Morgan fingerprint density at radius 1 is 1.11 bits per heavy atom. The maximum Gasteiger partial charge on any atom is 0.123 e. The lowest BCUT2D eigenvalue weighted by Gasteiger charge is -2.02. The van der Waals surface area contributed by atoms with Gasteiger partial charge in [-0.05, 0) is 18.2 Å². The molecule has 0 N–H and O–H groups in total. The van der Waals surface area contributed by atoms with E-state index < -0.39 is 0 Å². The van der Waals surface area contributed by atoms with Crippen molar-refractivity contribution in [3.63, 3.8) is 0 Å². The molecule has 94 valence electrons.